The fourth-order valence-corrected chi connectivity index (χ4v) is 1.97. The zero-order valence-corrected chi connectivity index (χ0v) is 10.7. The van der Waals surface area contributed by atoms with Gasteiger partial charge in [-0.05, 0) is 18.2 Å². The van der Waals surface area contributed by atoms with Gasteiger partial charge in [0.15, 0.2) is 0 Å². The van der Waals surface area contributed by atoms with Crippen LogP contribution in [-0.2, 0) is 12.4 Å². The molecule has 0 aliphatic rings. The van der Waals surface area contributed by atoms with Crippen LogP contribution in [0.4, 0.5) is 4.39 Å². The van der Waals surface area contributed by atoms with Crippen LogP contribution >= 0.6 is 27.5 Å². The summed E-state index contributed by atoms with van der Waals surface area (Å²) in [5.74, 6) is 0.151. The fraction of sp³-hybridized carbons (Fsp3) is 0.182. The van der Waals surface area contributed by atoms with Gasteiger partial charge in [-0.25, -0.2) is 9.37 Å². The van der Waals surface area contributed by atoms with Gasteiger partial charge in [0.2, 0.25) is 0 Å². The normalized spacial score (nSPS) is 10.7. The molecule has 0 N–H and O–H groups in total. The van der Waals surface area contributed by atoms with Gasteiger partial charge in [-0.15, -0.1) is 11.6 Å². The largest absolute Gasteiger partial charge is 0.333 e. The SMILES string of the molecule is Fc1ccc(Br)cc1Cn1cnc(CCl)c1. The summed E-state index contributed by atoms with van der Waals surface area (Å²) in [6.07, 6.45) is 3.46. The van der Waals surface area contributed by atoms with Gasteiger partial charge >= 0.3 is 0 Å². The van der Waals surface area contributed by atoms with E-state index >= 15 is 0 Å². The third-order valence-corrected chi connectivity index (χ3v) is 2.95. The minimum Gasteiger partial charge on any atom is -0.333 e. The highest BCUT2D eigenvalue weighted by molar-refractivity contribution is 9.10. The number of hydrogen-bond donors (Lipinski definition) is 0. The van der Waals surface area contributed by atoms with E-state index in [1.165, 1.54) is 6.07 Å². The second-order valence-electron chi connectivity index (χ2n) is 3.41. The smallest absolute Gasteiger partial charge is 0.128 e. The molecule has 1 aromatic carbocycles. The van der Waals surface area contributed by atoms with E-state index in [1.54, 1.807) is 18.5 Å². The number of imidazole rings is 1. The van der Waals surface area contributed by atoms with Gasteiger partial charge in [-0.2, -0.15) is 0 Å². The number of aromatic nitrogens is 2. The van der Waals surface area contributed by atoms with Crippen molar-refractivity contribution >= 4 is 27.5 Å². The molecule has 0 aliphatic carbocycles. The molecule has 0 aliphatic heterocycles. The summed E-state index contributed by atoms with van der Waals surface area (Å²) in [4.78, 5) is 4.08. The molecule has 0 saturated heterocycles. The van der Waals surface area contributed by atoms with Crippen LogP contribution in [-0.4, -0.2) is 9.55 Å². The minimum absolute atomic E-state index is 0.218. The highest BCUT2D eigenvalue weighted by Crippen LogP contribution is 2.16. The van der Waals surface area contributed by atoms with E-state index < -0.39 is 0 Å². The number of nitrogens with zero attached hydrogens (tertiary/aromatic N) is 2. The molecular weight excluding hydrogens is 294 g/mol. The minimum atomic E-state index is -0.218. The summed E-state index contributed by atoms with van der Waals surface area (Å²) in [5, 5.41) is 0. The third kappa shape index (κ3) is 2.62. The van der Waals surface area contributed by atoms with E-state index in [0.717, 1.165) is 10.2 Å². The Morgan fingerprint density at radius 3 is 2.94 bits per heavy atom. The van der Waals surface area contributed by atoms with Crippen LogP contribution in [0.2, 0.25) is 0 Å². The summed E-state index contributed by atoms with van der Waals surface area (Å²) in [7, 11) is 0. The first-order valence-corrected chi connectivity index (χ1v) is 6.02. The van der Waals surface area contributed by atoms with Crippen molar-refractivity contribution in [3.8, 4) is 0 Å². The van der Waals surface area contributed by atoms with Gasteiger partial charge in [-0.3, -0.25) is 0 Å². The zero-order chi connectivity index (χ0) is 11.5. The van der Waals surface area contributed by atoms with E-state index in [-0.39, 0.29) is 5.82 Å². The number of hydrogen-bond acceptors (Lipinski definition) is 1. The number of benzene rings is 1. The van der Waals surface area contributed by atoms with Gasteiger partial charge in [0.1, 0.15) is 5.82 Å². The van der Waals surface area contributed by atoms with Crippen molar-refractivity contribution in [1.29, 1.82) is 0 Å². The van der Waals surface area contributed by atoms with Crippen LogP contribution in [0.25, 0.3) is 0 Å². The van der Waals surface area contributed by atoms with Crippen molar-refractivity contribution in [1.82, 2.24) is 9.55 Å². The molecule has 0 atom stereocenters. The van der Waals surface area contributed by atoms with Gasteiger partial charge < -0.3 is 4.57 Å². The predicted octanol–water partition coefficient (Wildman–Crippen LogP) is 3.57. The molecule has 0 bridgehead atoms. The van der Waals surface area contributed by atoms with Crippen molar-refractivity contribution < 1.29 is 4.39 Å². The molecular formula is C11H9BrClFN2. The Bertz CT molecular complexity index is 498. The van der Waals surface area contributed by atoms with Crippen LogP contribution in [0.1, 0.15) is 11.3 Å². The summed E-state index contributed by atoms with van der Waals surface area (Å²) in [5.41, 5.74) is 1.41. The van der Waals surface area contributed by atoms with E-state index in [4.69, 9.17) is 11.6 Å². The summed E-state index contributed by atoms with van der Waals surface area (Å²) < 4.78 is 16.1. The molecule has 0 amide bonds. The van der Waals surface area contributed by atoms with E-state index in [2.05, 4.69) is 20.9 Å². The van der Waals surface area contributed by atoms with E-state index in [9.17, 15) is 4.39 Å². The van der Waals surface area contributed by atoms with Crippen molar-refractivity contribution in [2.24, 2.45) is 0 Å². The Morgan fingerprint density at radius 1 is 1.44 bits per heavy atom. The standard InChI is InChI=1S/C11H9BrClFN2/c12-9-1-2-11(14)8(3-9)5-16-6-10(4-13)15-7-16/h1-3,6-7H,4-5H2. The Balaban J connectivity index is 2.22. The Kier molecular flexibility index (Phi) is 3.61. The molecule has 1 heterocycles. The first kappa shape index (κ1) is 11.6. The molecule has 2 rings (SSSR count). The molecule has 2 nitrogen and oxygen atoms in total. The molecule has 0 saturated carbocycles. The Labute approximate surface area is 106 Å². The maximum Gasteiger partial charge on any atom is 0.128 e. The molecule has 0 fully saturated rings. The lowest BCUT2D eigenvalue weighted by atomic mass is 10.2. The van der Waals surface area contributed by atoms with Gasteiger partial charge in [0.05, 0.1) is 24.4 Å². The lowest BCUT2D eigenvalue weighted by Gasteiger charge is -2.04. The monoisotopic (exact) mass is 302 g/mol. The summed E-state index contributed by atoms with van der Waals surface area (Å²) in [6.45, 7) is 0.454. The molecule has 0 radical (unpaired) electrons. The average Bonchev–Trinajstić information content (AvgIpc) is 2.71. The van der Waals surface area contributed by atoms with Crippen molar-refractivity contribution in [3.63, 3.8) is 0 Å². The molecule has 2 aromatic rings. The lowest BCUT2D eigenvalue weighted by Crippen LogP contribution is -1.99. The number of rotatable bonds is 3. The first-order chi connectivity index (χ1) is 7.69. The second kappa shape index (κ2) is 4.97. The van der Waals surface area contributed by atoms with Crippen LogP contribution in [0.3, 0.4) is 0 Å². The summed E-state index contributed by atoms with van der Waals surface area (Å²) in [6, 6.07) is 4.88. The van der Waals surface area contributed by atoms with Crippen LogP contribution in [0.5, 0.6) is 0 Å². The zero-order valence-electron chi connectivity index (χ0n) is 8.33. The van der Waals surface area contributed by atoms with Crippen molar-refractivity contribution in [3.05, 3.63) is 52.3 Å². The Morgan fingerprint density at radius 2 is 2.25 bits per heavy atom. The van der Waals surface area contributed by atoms with Gasteiger partial charge in [-0.1, -0.05) is 15.9 Å². The fourth-order valence-electron chi connectivity index (χ4n) is 1.42. The Hall–Kier alpha value is -0.870. The average molecular weight is 304 g/mol. The van der Waals surface area contributed by atoms with E-state index in [0.29, 0.717) is 18.0 Å². The van der Waals surface area contributed by atoms with E-state index in [1.807, 2.05) is 10.8 Å². The van der Waals surface area contributed by atoms with Crippen LogP contribution in [0.15, 0.2) is 35.2 Å². The molecule has 1 aromatic heterocycles. The van der Waals surface area contributed by atoms with Crippen molar-refractivity contribution in [2.75, 3.05) is 0 Å². The number of halogens is 3. The first-order valence-electron chi connectivity index (χ1n) is 4.69. The quantitative estimate of drug-likeness (QED) is 0.793. The number of alkyl halides is 1. The second-order valence-corrected chi connectivity index (χ2v) is 4.59. The summed E-state index contributed by atoms with van der Waals surface area (Å²) >= 11 is 8.96. The highest BCUT2D eigenvalue weighted by atomic mass is 79.9. The van der Waals surface area contributed by atoms with Crippen LogP contribution < -0.4 is 0 Å². The maximum absolute atomic E-state index is 13.5. The van der Waals surface area contributed by atoms with Gasteiger partial charge in [0.25, 0.3) is 0 Å². The molecule has 0 unspecified atom stereocenters. The molecule has 0 spiro atoms. The third-order valence-electron chi connectivity index (χ3n) is 2.18. The predicted molar refractivity (Wildman–Crippen MR) is 65.0 cm³/mol. The topological polar surface area (TPSA) is 17.8 Å². The molecule has 16 heavy (non-hydrogen) atoms. The lowest BCUT2D eigenvalue weighted by molar-refractivity contribution is 0.599. The van der Waals surface area contributed by atoms with Crippen LogP contribution in [0, 0.1) is 5.82 Å². The van der Waals surface area contributed by atoms with Gasteiger partial charge in [0, 0.05) is 16.2 Å². The highest BCUT2D eigenvalue weighted by Gasteiger charge is 2.04. The maximum atomic E-state index is 13.5. The van der Waals surface area contributed by atoms with Crippen molar-refractivity contribution in [2.45, 2.75) is 12.4 Å². The molecule has 84 valence electrons. The molecule has 5 heteroatoms.